The van der Waals surface area contributed by atoms with Crippen LogP contribution in [0, 0.1) is 16.7 Å². The molecule has 0 spiro atoms. The quantitative estimate of drug-likeness (QED) is 0.127. The molecule has 7 heteroatoms. The fourth-order valence-electron chi connectivity index (χ4n) is 2.19. The molecule has 7 nitrogen and oxygen atoms in total. The van der Waals surface area contributed by atoms with E-state index in [2.05, 4.69) is 11.8 Å². The molecule has 0 aliphatic heterocycles. The Bertz CT molecular complexity index is 659. The third-order valence-corrected chi connectivity index (χ3v) is 3.61. The van der Waals surface area contributed by atoms with Crippen LogP contribution in [0.5, 0.6) is 0 Å². The van der Waals surface area contributed by atoms with Crippen LogP contribution in [0.3, 0.4) is 0 Å². The number of aliphatic hydroxyl groups excluding tert-OH is 1. The van der Waals surface area contributed by atoms with E-state index < -0.39 is 22.3 Å². The zero-order valence-electron chi connectivity index (χ0n) is 14.2. The summed E-state index contributed by atoms with van der Waals surface area (Å²) in [6.45, 7) is 9.40. The summed E-state index contributed by atoms with van der Waals surface area (Å²) in [5.74, 6) is -1.43. The van der Waals surface area contributed by atoms with Crippen molar-refractivity contribution in [2.24, 2.45) is 0 Å². The smallest absolute Gasteiger partial charge is 0.340 e. The van der Waals surface area contributed by atoms with E-state index in [4.69, 9.17) is 11.3 Å². The molecule has 1 aromatic carbocycles. The van der Waals surface area contributed by atoms with Crippen molar-refractivity contribution >= 4 is 17.4 Å². The lowest BCUT2D eigenvalue weighted by atomic mass is 10.1. The van der Waals surface area contributed by atoms with Crippen LogP contribution in [0.15, 0.2) is 30.0 Å². The predicted molar refractivity (Wildman–Crippen MR) is 93.6 cm³/mol. The van der Waals surface area contributed by atoms with Gasteiger partial charge in [-0.05, 0) is 18.6 Å². The molecule has 1 N–H and O–H groups in total. The van der Waals surface area contributed by atoms with Crippen LogP contribution in [0.25, 0.3) is 10.6 Å². The molecule has 0 aliphatic rings. The van der Waals surface area contributed by atoms with E-state index in [0.717, 1.165) is 25.7 Å². The van der Waals surface area contributed by atoms with Crippen molar-refractivity contribution in [2.75, 3.05) is 6.61 Å². The van der Waals surface area contributed by atoms with Crippen LogP contribution in [0.4, 0.5) is 5.69 Å². The van der Waals surface area contributed by atoms with Gasteiger partial charge < -0.3 is 9.84 Å². The van der Waals surface area contributed by atoms with Crippen molar-refractivity contribution in [3.63, 3.8) is 0 Å². The number of hydrogen-bond donors (Lipinski definition) is 1. The Morgan fingerprint density at radius 1 is 1.20 bits per heavy atom. The maximum absolute atomic E-state index is 11.9. The molecule has 0 saturated heterocycles. The Morgan fingerprint density at radius 3 is 2.36 bits per heavy atom. The SMILES string of the molecule is [C-]#[N+]C(C(=O)OCCCCCCCC)=C(O)c1ccc([N+](=O)[O-])cc1. The highest BCUT2D eigenvalue weighted by molar-refractivity contribution is 5.97. The minimum atomic E-state index is -0.889. The normalized spacial score (nSPS) is 11.4. The molecule has 1 aromatic rings. The van der Waals surface area contributed by atoms with Crippen LogP contribution in [-0.2, 0) is 9.53 Å². The van der Waals surface area contributed by atoms with Crippen molar-refractivity contribution in [1.29, 1.82) is 0 Å². The highest BCUT2D eigenvalue weighted by atomic mass is 16.6. The number of unbranched alkanes of at least 4 members (excludes halogenated alkanes) is 5. The maximum Gasteiger partial charge on any atom is 0.340 e. The second-order valence-electron chi connectivity index (χ2n) is 5.52. The van der Waals surface area contributed by atoms with E-state index in [9.17, 15) is 20.0 Å². The summed E-state index contributed by atoms with van der Waals surface area (Å²) in [7, 11) is 0. The molecule has 0 amide bonds. The maximum atomic E-state index is 11.9. The highest BCUT2D eigenvalue weighted by Crippen LogP contribution is 2.21. The van der Waals surface area contributed by atoms with Crippen molar-refractivity contribution in [3.05, 3.63) is 57.1 Å². The van der Waals surface area contributed by atoms with Crippen LogP contribution >= 0.6 is 0 Å². The fourth-order valence-corrected chi connectivity index (χ4v) is 2.19. The largest absolute Gasteiger partial charge is 0.518 e. The number of nitro groups is 1. The van der Waals surface area contributed by atoms with Gasteiger partial charge >= 0.3 is 11.7 Å². The number of carbonyl (C=O) groups is 1. The first-order valence-electron chi connectivity index (χ1n) is 8.23. The third kappa shape index (κ3) is 6.63. The highest BCUT2D eigenvalue weighted by Gasteiger charge is 2.19. The van der Waals surface area contributed by atoms with E-state index in [-0.39, 0.29) is 17.9 Å². The average Bonchev–Trinajstić information content (AvgIpc) is 2.61. The van der Waals surface area contributed by atoms with Gasteiger partial charge in [-0.25, -0.2) is 4.85 Å². The Kier molecular flexibility index (Phi) is 8.72. The number of ether oxygens (including phenoxy) is 1. The second-order valence-corrected chi connectivity index (χ2v) is 5.52. The zero-order valence-corrected chi connectivity index (χ0v) is 14.2. The number of non-ortho nitro benzene ring substituents is 1. The zero-order chi connectivity index (χ0) is 18.7. The number of nitrogens with zero attached hydrogens (tertiary/aromatic N) is 2. The fraction of sp³-hybridized carbons (Fsp3) is 0.444. The average molecular weight is 346 g/mol. The topological polar surface area (TPSA) is 94.0 Å². The van der Waals surface area contributed by atoms with Crippen molar-refractivity contribution in [3.8, 4) is 0 Å². The van der Waals surface area contributed by atoms with Gasteiger partial charge in [-0.15, -0.1) is 0 Å². The van der Waals surface area contributed by atoms with Crippen LogP contribution in [0.1, 0.15) is 51.0 Å². The van der Waals surface area contributed by atoms with Crippen LogP contribution < -0.4 is 0 Å². The Hall–Kier alpha value is -2.88. The summed E-state index contributed by atoms with van der Waals surface area (Å²) in [6.07, 6.45) is 6.23. The third-order valence-electron chi connectivity index (χ3n) is 3.61. The molecule has 0 saturated carbocycles. The minimum Gasteiger partial charge on any atom is -0.518 e. The lowest BCUT2D eigenvalue weighted by molar-refractivity contribution is -0.384. The van der Waals surface area contributed by atoms with Crippen LogP contribution in [0.2, 0.25) is 0 Å². The molecule has 134 valence electrons. The summed E-state index contributed by atoms with van der Waals surface area (Å²) >= 11 is 0. The molecule has 0 aromatic heterocycles. The van der Waals surface area contributed by atoms with Crippen molar-refractivity contribution in [1.82, 2.24) is 0 Å². The summed E-state index contributed by atoms with van der Waals surface area (Å²) < 4.78 is 5.03. The monoisotopic (exact) mass is 346 g/mol. The Morgan fingerprint density at radius 2 is 1.80 bits per heavy atom. The minimum absolute atomic E-state index is 0.146. The number of esters is 1. The lowest BCUT2D eigenvalue weighted by Crippen LogP contribution is -2.09. The molecule has 0 bridgehead atoms. The van der Waals surface area contributed by atoms with E-state index >= 15 is 0 Å². The summed E-state index contributed by atoms with van der Waals surface area (Å²) in [5.41, 5.74) is -0.528. The molecule has 0 heterocycles. The molecular weight excluding hydrogens is 324 g/mol. The van der Waals surface area contributed by atoms with Crippen molar-refractivity contribution in [2.45, 2.75) is 45.4 Å². The van der Waals surface area contributed by atoms with E-state index in [1.54, 1.807) is 0 Å². The van der Waals surface area contributed by atoms with Gasteiger partial charge in [0.25, 0.3) is 5.69 Å². The molecule has 25 heavy (non-hydrogen) atoms. The molecule has 1 rings (SSSR count). The lowest BCUT2D eigenvalue weighted by Gasteiger charge is -2.06. The summed E-state index contributed by atoms with van der Waals surface area (Å²) in [4.78, 5) is 25.0. The Balaban J connectivity index is 2.62. The molecule has 0 unspecified atom stereocenters. The first kappa shape index (κ1) is 20.2. The number of aliphatic hydroxyl groups is 1. The van der Waals surface area contributed by atoms with Gasteiger partial charge in [0.05, 0.1) is 18.1 Å². The number of nitro benzene ring substituents is 1. The van der Waals surface area contributed by atoms with Gasteiger partial charge in [-0.3, -0.25) is 14.9 Å². The summed E-state index contributed by atoms with van der Waals surface area (Å²) in [5, 5.41) is 20.7. The standard InChI is InChI=1S/C18H22N2O5/c1-3-4-5-6-7-8-13-25-18(22)16(19-2)17(21)14-9-11-15(12-10-14)20(23)24/h9-12,21H,3-8,13H2,1H3. The number of rotatable bonds is 10. The number of carbonyl (C=O) groups excluding carboxylic acids is 1. The molecular formula is C18H22N2O5. The second kappa shape index (κ2) is 10.8. The van der Waals surface area contributed by atoms with Gasteiger partial charge in [-0.2, -0.15) is 0 Å². The molecule has 0 atom stereocenters. The van der Waals surface area contributed by atoms with E-state index in [1.807, 2.05) is 0 Å². The Labute approximate surface area is 146 Å². The van der Waals surface area contributed by atoms with Crippen LogP contribution in [-0.4, -0.2) is 22.6 Å². The van der Waals surface area contributed by atoms with E-state index in [0.29, 0.717) is 6.42 Å². The van der Waals surface area contributed by atoms with Gasteiger partial charge in [0, 0.05) is 17.7 Å². The number of benzene rings is 1. The first-order chi connectivity index (χ1) is 12.0. The van der Waals surface area contributed by atoms with Gasteiger partial charge in [0.2, 0.25) is 0 Å². The van der Waals surface area contributed by atoms with Gasteiger partial charge in [-0.1, -0.05) is 39.0 Å². The molecule has 0 aliphatic carbocycles. The number of hydrogen-bond acceptors (Lipinski definition) is 5. The van der Waals surface area contributed by atoms with Gasteiger partial charge in [0.15, 0.2) is 0 Å². The predicted octanol–water partition coefficient (Wildman–Crippen LogP) is 4.64. The molecule has 0 fully saturated rings. The van der Waals surface area contributed by atoms with E-state index in [1.165, 1.54) is 30.7 Å². The van der Waals surface area contributed by atoms with Crippen molar-refractivity contribution < 1.29 is 19.6 Å². The summed E-state index contributed by atoms with van der Waals surface area (Å²) in [6, 6.07) is 4.93. The molecule has 0 radical (unpaired) electrons. The first-order valence-corrected chi connectivity index (χ1v) is 8.23. The van der Waals surface area contributed by atoms with Gasteiger partial charge in [0.1, 0.15) is 5.76 Å².